The fraction of sp³-hybridized carbons (Fsp3) is 0.524. The van der Waals surface area contributed by atoms with Crippen LogP contribution in [0.4, 0.5) is 0 Å². The third-order valence-corrected chi connectivity index (χ3v) is 4.87. The lowest BCUT2D eigenvalue weighted by atomic mass is 10.1. The maximum Gasteiger partial charge on any atom is 0.191 e. The monoisotopic (exact) mass is 499 g/mol. The summed E-state index contributed by atoms with van der Waals surface area (Å²) in [7, 11) is 1.98. The van der Waals surface area contributed by atoms with E-state index in [0.717, 1.165) is 41.3 Å². The van der Waals surface area contributed by atoms with Gasteiger partial charge in [-0.1, -0.05) is 12.1 Å². The second-order valence-corrected chi connectivity index (χ2v) is 7.30. The normalized spacial score (nSPS) is 12.5. The molecule has 1 atom stereocenters. The summed E-state index contributed by atoms with van der Waals surface area (Å²) >= 11 is 0. The van der Waals surface area contributed by atoms with Gasteiger partial charge >= 0.3 is 0 Å². The predicted molar refractivity (Wildman–Crippen MR) is 127 cm³/mol. The van der Waals surface area contributed by atoms with Crippen molar-refractivity contribution in [2.45, 2.75) is 60.5 Å². The number of aliphatic imine (C=N–C) groups is 1. The van der Waals surface area contributed by atoms with Gasteiger partial charge < -0.3 is 15.7 Å². The van der Waals surface area contributed by atoms with Crippen molar-refractivity contribution in [1.82, 2.24) is 20.4 Å². The Kier molecular flexibility index (Phi) is 9.26. The van der Waals surface area contributed by atoms with Gasteiger partial charge in [0.2, 0.25) is 0 Å². The SMILES string of the molecule is CCNC(=NCc1cc(C)c(O)c(C)c1)NC(C)Cc1c(C)nn(C)c1C.I. The number of nitrogens with zero attached hydrogens (tertiary/aromatic N) is 3. The molecule has 28 heavy (non-hydrogen) atoms. The summed E-state index contributed by atoms with van der Waals surface area (Å²) in [5, 5.41) is 21.2. The van der Waals surface area contributed by atoms with Crippen molar-refractivity contribution < 1.29 is 5.11 Å². The molecule has 3 N–H and O–H groups in total. The molecule has 0 radical (unpaired) electrons. The molecule has 0 fully saturated rings. The van der Waals surface area contributed by atoms with Crippen LogP contribution in [0.3, 0.4) is 0 Å². The second-order valence-electron chi connectivity index (χ2n) is 7.30. The van der Waals surface area contributed by atoms with Gasteiger partial charge in [0.25, 0.3) is 0 Å². The van der Waals surface area contributed by atoms with Crippen molar-refractivity contribution in [2.75, 3.05) is 6.54 Å². The predicted octanol–water partition coefficient (Wildman–Crippen LogP) is 3.66. The van der Waals surface area contributed by atoms with Crippen LogP contribution in [0.2, 0.25) is 0 Å². The molecule has 0 bridgehead atoms. The molecular weight excluding hydrogens is 465 g/mol. The molecule has 0 saturated carbocycles. The largest absolute Gasteiger partial charge is 0.507 e. The topological polar surface area (TPSA) is 74.5 Å². The number of hydrogen-bond acceptors (Lipinski definition) is 3. The fourth-order valence-corrected chi connectivity index (χ4v) is 3.33. The van der Waals surface area contributed by atoms with Crippen molar-refractivity contribution in [3.8, 4) is 5.75 Å². The van der Waals surface area contributed by atoms with Crippen molar-refractivity contribution in [3.05, 3.63) is 45.8 Å². The fourth-order valence-electron chi connectivity index (χ4n) is 3.33. The second kappa shape index (κ2) is 10.7. The summed E-state index contributed by atoms with van der Waals surface area (Å²) in [6.07, 6.45) is 0.896. The minimum Gasteiger partial charge on any atom is -0.507 e. The summed E-state index contributed by atoms with van der Waals surface area (Å²) in [4.78, 5) is 4.72. The van der Waals surface area contributed by atoms with Gasteiger partial charge in [0.05, 0.1) is 12.2 Å². The zero-order valence-corrected chi connectivity index (χ0v) is 20.4. The van der Waals surface area contributed by atoms with Crippen LogP contribution in [0, 0.1) is 27.7 Å². The number of phenols is 1. The number of halogens is 1. The van der Waals surface area contributed by atoms with Crippen LogP contribution in [0.15, 0.2) is 17.1 Å². The Morgan fingerprint density at radius 1 is 1.21 bits per heavy atom. The Balaban J connectivity index is 0.00000392. The number of aromatic nitrogens is 2. The van der Waals surface area contributed by atoms with Crippen LogP contribution in [0.1, 0.15) is 47.5 Å². The van der Waals surface area contributed by atoms with Gasteiger partial charge in [-0.25, -0.2) is 4.99 Å². The number of nitrogens with one attached hydrogen (secondary N) is 2. The summed E-state index contributed by atoms with van der Waals surface area (Å²) in [6.45, 7) is 13.6. The highest BCUT2D eigenvalue weighted by Gasteiger charge is 2.14. The molecule has 0 amide bonds. The van der Waals surface area contributed by atoms with Crippen LogP contribution in [0.5, 0.6) is 5.75 Å². The first-order valence-electron chi connectivity index (χ1n) is 9.55. The maximum atomic E-state index is 9.93. The average molecular weight is 499 g/mol. The number of hydrogen-bond donors (Lipinski definition) is 3. The molecule has 0 aliphatic rings. The standard InChI is InChI=1S/C21H33N5O.HI/c1-8-22-21(23-12-18-9-13(2)20(27)14(3)10-18)24-15(4)11-19-16(5)25-26(7)17(19)6;/h9-10,15,27H,8,11-12H2,1-7H3,(H2,22,23,24);1H. The smallest absolute Gasteiger partial charge is 0.191 e. The van der Waals surface area contributed by atoms with E-state index in [1.807, 2.05) is 37.7 Å². The third-order valence-electron chi connectivity index (χ3n) is 4.87. The Hall–Kier alpha value is -1.77. The summed E-state index contributed by atoms with van der Waals surface area (Å²) in [6, 6.07) is 4.20. The molecule has 2 aromatic rings. The number of rotatable bonds is 6. The Bertz CT molecular complexity index is 805. The van der Waals surface area contributed by atoms with E-state index in [1.54, 1.807) is 0 Å². The maximum absolute atomic E-state index is 9.93. The molecule has 6 nitrogen and oxygen atoms in total. The summed E-state index contributed by atoms with van der Waals surface area (Å²) < 4.78 is 1.94. The zero-order valence-electron chi connectivity index (χ0n) is 18.1. The number of guanidine groups is 1. The molecule has 7 heteroatoms. The number of phenolic OH excluding ortho intramolecular Hbond substituents is 1. The van der Waals surface area contributed by atoms with Gasteiger partial charge in [0.1, 0.15) is 5.75 Å². The first-order chi connectivity index (χ1) is 12.7. The Morgan fingerprint density at radius 3 is 2.32 bits per heavy atom. The Labute approximate surface area is 185 Å². The first kappa shape index (κ1) is 24.3. The lowest BCUT2D eigenvalue weighted by molar-refractivity contribution is 0.466. The molecule has 1 heterocycles. The molecule has 0 aliphatic carbocycles. The van der Waals surface area contributed by atoms with E-state index in [1.165, 1.54) is 11.3 Å². The Morgan fingerprint density at radius 2 is 1.82 bits per heavy atom. The van der Waals surface area contributed by atoms with Crippen LogP contribution in [0.25, 0.3) is 0 Å². The average Bonchev–Trinajstić information content (AvgIpc) is 2.83. The molecular formula is C21H34IN5O. The van der Waals surface area contributed by atoms with Gasteiger partial charge in [-0.3, -0.25) is 4.68 Å². The minimum atomic E-state index is 0. The zero-order chi connectivity index (χ0) is 20.1. The van der Waals surface area contributed by atoms with Crippen molar-refractivity contribution in [3.63, 3.8) is 0 Å². The lowest BCUT2D eigenvalue weighted by Gasteiger charge is -2.18. The van der Waals surface area contributed by atoms with Crippen molar-refractivity contribution >= 4 is 29.9 Å². The third kappa shape index (κ3) is 6.12. The number of benzene rings is 1. The highest BCUT2D eigenvalue weighted by Crippen LogP contribution is 2.23. The highest BCUT2D eigenvalue weighted by molar-refractivity contribution is 14.0. The first-order valence-corrected chi connectivity index (χ1v) is 9.55. The van der Waals surface area contributed by atoms with E-state index in [0.29, 0.717) is 12.3 Å². The molecule has 1 aromatic heterocycles. The van der Waals surface area contributed by atoms with E-state index in [9.17, 15) is 5.11 Å². The molecule has 0 aliphatic heterocycles. The molecule has 1 aromatic carbocycles. The van der Waals surface area contributed by atoms with Crippen LogP contribution in [-0.4, -0.2) is 33.4 Å². The van der Waals surface area contributed by atoms with Gasteiger partial charge in [-0.05, 0) is 70.2 Å². The van der Waals surface area contributed by atoms with Crippen LogP contribution in [-0.2, 0) is 20.0 Å². The van der Waals surface area contributed by atoms with Crippen LogP contribution < -0.4 is 10.6 Å². The highest BCUT2D eigenvalue weighted by atomic mass is 127. The van der Waals surface area contributed by atoms with E-state index < -0.39 is 0 Å². The van der Waals surface area contributed by atoms with E-state index >= 15 is 0 Å². The van der Waals surface area contributed by atoms with Gasteiger partial charge in [-0.2, -0.15) is 5.10 Å². The quantitative estimate of drug-likeness (QED) is 0.322. The molecule has 1 unspecified atom stereocenters. The van der Waals surface area contributed by atoms with E-state index in [4.69, 9.17) is 4.99 Å². The molecule has 2 rings (SSSR count). The summed E-state index contributed by atoms with van der Waals surface area (Å²) in [5.41, 5.74) is 6.44. The molecule has 156 valence electrons. The minimum absolute atomic E-state index is 0. The molecule has 0 spiro atoms. The van der Waals surface area contributed by atoms with E-state index in [-0.39, 0.29) is 30.0 Å². The number of aromatic hydroxyl groups is 1. The van der Waals surface area contributed by atoms with Gasteiger partial charge in [0.15, 0.2) is 5.96 Å². The lowest BCUT2D eigenvalue weighted by Crippen LogP contribution is -2.43. The van der Waals surface area contributed by atoms with Crippen LogP contribution >= 0.6 is 24.0 Å². The van der Waals surface area contributed by atoms with Gasteiger partial charge in [0, 0.05) is 25.3 Å². The van der Waals surface area contributed by atoms with E-state index in [2.05, 4.69) is 43.4 Å². The van der Waals surface area contributed by atoms with Crippen molar-refractivity contribution in [2.24, 2.45) is 12.0 Å². The number of aryl methyl sites for hydroxylation is 4. The summed E-state index contributed by atoms with van der Waals surface area (Å²) in [5.74, 6) is 1.16. The van der Waals surface area contributed by atoms with Crippen molar-refractivity contribution in [1.29, 1.82) is 0 Å². The van der Waals surface area contributed by atoms with Gasteiger partial charge in [-0.15, -0.1) is 24.0 Å². The molecule has 0 saturated heterocycles.